The second-order valence-corrected chi connectivity index (χ2v) is 10.2. The van der Waals surface area contributed by atoms with Gasteiger partial charge in [0.2, 0.25) is 21.9 Å². The lowest BCUT2D eigenvalue weighted by atomic mass is 10.2. The molecule has 4 aromatic rings. The number of benzene rings is 1. The summed E-state index contributed by atoms with van der Waals surface area (Å²) in [5.74, 6) is 1.01. The van der Waals surface area contributed by atoms with Gasteiger partial charge in [-0.05, 0) is 44.0 Å². The second kappa shape index (κ2) is 10.4. The van der Waals surface area contributed by atoms with Crippen LogP contribution < -0.4 is 9.46 Å². The Morgan fingerprint density at radius 1 is 0.972 bits per heavy atom. The van der Waals surface area contributed by atoms with Crippen LogP contribution in [0.1, 0.15) is 30.0 Å². The molecule has 1 aromatic carbocycles. The molecule has 1 N–H and O–H groups in total. The van der Waals surface area contributed by atoms with Crippen LogP contribution in [0, 0.1) is 13.8 Å². The molecule has 0 aliphatic heterocycles. The van der Waals surface area contributed by atoms with E-state index in [1.54, 1.807) is 35.2 Å². The minimum atomic E-state index is -4.03. The van der Waals surface area contributed by atoms with Crippen molar-refractivity contribution in [3.8, 4) is 23.1 Å². The number of ether oxygens (including phenoxy) is 2. The molecule has 36 heavy (non-hydrogen) atoms. The third kappa shape index (κ3) is 5.04. The summed E-state index contributed by atoms with van der Waals surface area (Å²) in [5.41, 5.74) is 2.90. The third-order valence-corrected chi connectivity index (χ3v) is 7.33. The normalized spacial score (nSPS) is 13.2. The summed E-state index contributed by atoms with van der Waals surface area (Å²) in [6, 6.07) is 12.7. The van der Waals surface area contributed by atoms with Gasteiger partial charge in [-0.1, -0.05) is 24.3 Å². The van der Waals surface area contributed by atoms with Crippen LogP contribution in [0.15, 0.2) is 54.9 Å². The molecule has 0 bridgehead atoms. The lowest BCUT2D eigenvalue weighted by Crippen LogP contribution is -2.33. The van der Waals surface area contributed by atoms with Crippen molar-refractivity contribution < 1.29 is 17.9 Å². The number of aromatic nitrogens is 6. The summed E-state index contributed by atoms with van der Waals surface area (Å²) < 4.78 is 41.9. The zero-order valence-corrected chi connectivity index (χ0v) is 21.4. The summed E-state index contributed by atoms with van der Waals surface area (Å²) in [5, 5.41) is 7.39. The number of pyridine rings is 1. The molecule has 4 rings (SSSR count). The fourth-order valence-corrected chi connectivity index (χ4v) is 4.78. The van der Waals surface area contributed by atoms with Crippen LogP contribution in [0.5, 0.6) is 5.88 Å². The predicted octanol–water partition coefficient (Wildman–Crippen LogP) is 3.26. The number of aryl methyl sites for hydroxylation is 2. The Balaban J connectivity index is 1.77. The van der Waals surface area contributed by atoms with Crippen molar-refractivity contribution in [3.63, 3.8) is 0 Å². The van der Waals surface area contributed by atoms with E-state index in [-0.39, 0.29) is 11.8 Å². The molecule has 3 aromatic heterocycles. The Kier molecular flexibility index (Phi) is 7.27. The molecule has 2 atom stereocenters. The van der Waals surface area contributed by atoms with Gasteiger partial charge < -0.3 is 9.47 Å². The van der Waals surface area contributed by atoms with E-state index in [4.69, 9.17) is 9.47 Å². The zero-order chi connectivity index (χ0) is 25.9. The molecule has 3 heterocycles. The molecule has 0 unspecified atom stereocenters. The smallest absolute Gasteiger partial charge is 0.243 e. The number of para-hydroxylation sites is 1. The molecule has 0 aliphatic rings. The number of hydrogen-bond donors (Lipinski definition) is 1. The molecule has 0 saturated heterocycles. The quantitative estimate of drug-likeness (QED) is 0.361. The van der Waals surface area contributed by atoms with Gasteiger partial charge in [-0.2, -0.15) is 0 Å². The van der Waals surface area contributed by atoms with Gasteiger partial charge in [0.1, 0.15) is 17.0 Å². The average Bonchev–Trinajstić information content (AvgIpc) is 3.28. The van der Waals surface area contributed by atoms with Crippen LogP contribution in [0.25, 0.3) is 17.2 Å². The van der Waals surface area contributed by atoms with E-state index in [0.29, 0.717) is 23.1 Å². The Labute approximate surface area is 209 Å². The highest BCUT2D eigenvalue weighted by atomic mass is 32.2. The van der Waals surface area contributed by atoms with E-state index in [0.717, 1.165) is 11.1 Å². The summed E-state index contributed by atoms with van der Waals surface area (Å²) >= 11 is 0. The maximum atomic E-state index is 13.5. The number of rotatable bonds is 9. The van der Waals surface area contributed by atoms with Crippen LogP contribution >= 0.6 is 0 Å². The maximum Gasteiger partial charge on any atom is 0.243 e. The molecule has 0 amide bonds. The summed E-state index contributed by atoms with van der Waals surface area (Å²) in [6.45, 7) is 5.29. The van der Waals surface area contributed by atoms with Crippen molar-refractivity contribution in [2.45, 2.75) is 32.1 Å². The number of nitrogens with one attached hydrogen (secondary N) is 1. The molecule has 0 radical (unpaired) electrons. The van der Waals surface area contributed by atoms with E-state index in [1.807, 2.05) is 38.1 Å². The van der Waals surface area contributed by atoms with Gasteiger partial charge in [-0.15, -0.1) is 10.2 Å². The number of methoxy groups -OCH3 is 2. The average molecular weight is 510 g/mol. The number of sulfonamides is 1. The monoisotopic (exact) mass is 509 g/mol. The minimum Gasteiger partial charge on any atom is -0.481 e. The van der Waals surface area contributed by atoms with Gasteiger partial charge in [0.05, 0.1) is 12.8 Å². The highest BCUT2D eigenvalue weighted by Crippen LogP contribution is 2.29. The number of hydrogen-bond acceptors (Lipinski definition) is 9. The Hall–Kier alpha value is -3.90. The van der Waals surface area contributed by atoms with Crippen molar-refractivity contribution in [2.24, 2.45) is 0 Å². The van der Waals surface area contributed by atoms with E-state index >= 15 is 0 Å². The van der Waals surface area contributed by atoms with Crippen molar-refractivity contribution in [1.29, 1.82) is 0 Å². The standard InChI is InChI=1S/C24H27N7O4S/c1-15-13-25-22(26-14-15)21(35-5)17(3)36(32,33)30-24-29-28-23(18-10-8-12-20(27-18)34-4)31(24)19-11-7-6-9-16(19)2/h6-14,17,21H,1-5H3,(H,29,30)/t17-,21-/m0/s1. The predicted molar refractivity (Wildman–Crippen MR) is 134 cm³/mol. The van der Waals surface area contributed by atoms with Gasteiger partial charge in [-0.25, -0.2) is 23.4 Å². The van der Waals surface area contributed by atoms with Crippen LogP contribution in [0.3, 0.4) is 0 Å². The molecule has 188 valence electrons. The molecule has 0 aliphatic carbocycles. The summed E-state index contributed by atoms with van der Waals surface area (Å²) in [6.07, 6.45) is 2.32. The lowest BCUT2D eigenvalue weighted by Gasteiger charge is -2.22. The topological polar surface area (TPSA) is 134 Å². The third-order valence-electron chi connectivity index (χ3n) is 5.64. The van der Waals surface area contributed by atoms with Crippen LogP contribution in [0.4, 0.5) is 5.95 Å². The molecule has 0 saturated carbocycles. The molecular formula is C24H27N7O4S. The lowest BCUT2D eigenvalue weighted by molar-refractivity contribution is 0.0949. The highest BCUT2D eigenvalue weighted by molar-refractivity contribution is 7.93. The van der Waals surface area contributed by atoms with E-state index < -0.39 is 21.4 Å². The molecule has 0 spiro atoms. The van der Waals surface area contributed by atoms with Crippen LogP contribution in [-0.2, 0) is 14.8 Å². The Morgan fingerprint density at radius 3 is 2.36 bits per heavy atom. The van der Waals surface area contributed by atoms with Crippen molar-refractivity contribution >= 4 is 16.0 Å². The van der Waals surface area contributed by atoms with Crippen molar-refractivity contribution in [3.05, 3.63) is 71.8 Å². The van der Waals surface area contributed by atoms with Gasteiger partial charge in [-0.3, -0.25) is 9.29 Å². The van der Waals surface area contributed by atoms with Crippen LogP contribution in [-0.4, -0.2) is 57.6 Å². The summed E-state index contributed by atoms with van der Waals surface area (Å²) in [7, 11) is -1.10. The minimum absolute atomic E-state index is 0.00967. The van der Waals surface area contributed by atoms with E-state index in [9.17, 15) is 8.42 Å². The SMILES string of the molecule is COc1cccc(-c2nnc(NS(=O)(=O)[C@@H](C)[C@H](OC)c3ncc(C)cn3)n2-c2ccccc2C)n1. The van der Waals surface area contributed by atoms with Gasteiger partial charge >= 0.3 is 0 Å². The fourth-order valence-electron chi connectivity index (χ4n) is 3.65. The number of nitrogens with zero attached hydrogens (tertiary/aromatic N) is 6. The molecule has 12 heteroatoms. The van der Waals surface area contributed by atoms with Gasteiger partial charge in [0, 0.05) is 25.6 Å². The zero-order valence-electron chi connectivity index (χ0n) is 20.6. The van der Waals surface area contributed by atoms with Gasteiger partial charge in [0.25, 0.3) is 0 Å². The Morgan fingerprint density at radius 2 is 1.69 bits per heavy atom. The first kappa shape index (κ1) is 25.2. The van der Waals surface area contributed by atoms with Gasteiger partial charge in [0.15, 0.2) is 11.6 Å². The molecule has 11 nitrogen and oxygen atoms in total. The van der Waals surface area contributed by atoms with Crippen molar-refractivity contribution in [2.75, 3.05) is 18.9 Å². The largest absolute Gasteiger partial charge is 0.481 e. The molecule has 0 fully saturated rings. The number of anilines is 1. The highest BCUT2D eigenvalue weighted by Gasteiger charge is 2.34. The first-order valence-electron chi connectivity index (χ1n) is 11.1. The molecular weight excluding hydrogens is 482 g/mol. The summed E-state index contributed by atoms with van der Waals surface area (Å²) in [4.78, 5) is 12.9. The Bertz CT molecular complexity index is 1460. The first-order valence-corrected chi connectivity index (χ1v) is 12.7. The van der Waals surface area contributed by atoms with E-state index in [1.165, 1.54) is 21.1 Å². The second-order valence-electron chi connectivity index (χ2n) is 8.16. The first-order chi connectivity index (χ1) is 17.2. The maximum absolute atomic E-state index is 13.5. The van der Waals surface area contributed by atoms with Crippen molar-refractivity contribution in [1.82, 2.24) is 29.7 Å². The van der Waals surface area contributed by atoms with E-state index in [2.05, 4.69) is 29.9 Å². The fraction of sp³-hybridized carbons (Fsp3) is 0.292. The van der Waals surface area contributed by atoms with Crippen LogP contribution in [0.2, 0.25) is 0 Å².